The first-order chi connectivity index (χ1) is 14.4. The fraction of sp³-hybridized carbons (Fsp3) is 0.591. The van der Waals surface area contributed by atoms with Gasteiger partial charge in [0.15, 0.2) is 18.1 Å². The third-order valence-electron chi connectivity index (χ3n) is 4.95. The third-order valence-corrected chi connectivity index (χ3v) is 4.95. The van der Waals surface area contributed by atoms with E-state index in [9.17, 15) is 14.4 Å². The molecule has 0 saturated carbocycles. The van der Waals surface area contributed by atoms with Gasteiger partial charge in [0.1, 0.15) is 11.5 Å². The molecule has 0 aromatic heterocycles. The van der Waals surface area contributed by atoms with E-state index in [0.29, 0.717) is 23.5 Å². The van der Waals surface area contributed by atoms with E-state index in [4.69, 9.17) is 26.8 Å². The minimum atomic E-state index is -1.21. The van der Waals surface area contributed by atoms with Gasteiger partial charge < -0.3 is 23.8 Å². The van der Waals surface area contributed by atoms with Crippen LogP contribution in [0.25, 0.3) is 0 Å². The van der Waals surface area contributed by atoms with Crippen molar-refractivity contribution in [3.8, 4) is 11.5 Å². The predicted molar refractivity (Wildman–Crippen MR) is 114 cm³/mol. The molecule has 0 N–H and O–H groups in total. The summed E-state index contributed by atoms with van der Waals surface area (Å²) in [5.74, 6) is -1.43. The molecule has 1 aliphatic rings. The van der Waals surface area contributed by atoms with Crippen LogP contribution in [0.15, 0.2) is 18.2 Å². The maximum atomic E-state index is 12.9. The van der Waals surface area contributed by atoms with Gasteiger partial charge in [-0.15, -0.1) is 0 Å². The van der Waals surface area contributed by atoms with E-state index in [1.54, 1.807) is 39.0 Å². The van der Waals surface area contributed by atoms with Gasteiger partial charge in [-0.25, -0.2) is 4.79 Å². The Morgan fingerprint density at radius 2 is 1.68 bits per heavy atom. The number of carbonyl (C=O) groups excluding carboxylic acids is 3. The number of nitrogens with zero attached hydrogens (tertiary/aromatic N) is 1. The van der Waals surface area contributed by atoms with Crippen LogP contribution < -0.4 is 9.47 Å². The molecule has 1 aromatic carbocycles. The Morgan fingerprint density at radius 3 is 2.10 bits per heavy atom. The lowest BCUT2D eigenvalue weighted by Gasteiger charge is -2.30. The number of carbonyl (C=O) groups is 3. The van der Waals surface area contributed by atoms with Crippen molar-refractivity contribution in [2.45, 2.75) is 59.4 Å². The molecule has 3 atom stereocenters. The average molecular weight is 431 g/mol. The molecule has 2 radical (unpaired) electrons. The van der Waals surface area contributed by atoms with Crippen molar-refractivity contribution in [3.63, 3.8) is 0 Å². The van der Waals surface area contributed by atoms with Gasteiger partial charge in [-0.2, -0.15) is 0 Å². The maximum Gasteiger partial charge on any atom is 0.345 e. The van der Waals surface area contributed by atoms with E-state index >= 15 is 0 Å². The molecule has 0 aliphatic carbocycles. The van der Waals surface area contributed by atoms with Gasteiger partial charge in [0.2, 0.25) is 7.85 Å². The number of hydrogen-bond acceptors (Lipinski definition) is 7. The van der Waals surface area contributed by atoms with Crippen molar-refractivity contribution in [2.75, 3.05) is 14.2 Å². The fourth-order valence-electron chi connectivity index (χ4n) is 3.46. The summed E-state index contributed by atoms with van der Waals surface area (Å²) in [7, 11) is 8.66. The molecule has 1 heterocycles. The van der Waals surface area contributed by atoms with Gasteiger partial charge in [0.25, 0.3) is 0 Å². The molecule has 1 amide bonds. The second kappa shape index (κ2) is 9.72. The van der Waals surface area contributed by atoms with Gasteiger partial charge in [0.05, 0.1) is 31.2 Å². The Bertz CT molecular complexity index is 811. The maximum absolute atomic E-state index is 12.9. The van der Waals surface area contributed by atoms with E-state index in [-0.39, 0.29) is 5.92 Å². The largest absolute Gasteiger partial charge is 0.496 e. The molecule has 9 heteroatoms. The molecule has 1 saturated heterocycles. The molecule has 1 fully saturated rings. The summed E-state index contributed by atoms with van der Waals surface area (Å²) in [6.45, 7) is 8.81. The Balaban J connectivity index is 2.53. The van der Waals surface area contributed by atoms with Crippen LogP contribution in [-0.2, 0) is 19.1 Å². The van der Waals surface area contributed by atoms with Crippen LogP contribution in [0.1, 0.15) is 52.8 Å². The highest BCUT2D eigenvalue weighted by Gasteiger charge is 2.50. The summed E-state index contributed by atoms with van der Waals surface area (Å²) >= 11 is 0. The number of benzene rings is 1. The van der Waals surface area contributed by atoms with Gasteiger partial charge in [-0.05, 0) is 45.2 Å². The number of rotatable bonds is 6. The third kappa shape index (κ3) is 5.39. The van der Waals surface area contributed by atoms with Crippen molar-refractivity contribution in [1.82, 2.24) is 4.90 Å². The Hall–Kier alpha value is -2.55. The lowest BCUT2D eigenvalue weighted by molar-refractivity contribution is -0.173. The van der Waals surface area contributed by atoms with E-state index in [0.717, 1.165) is 0 Å². The number of hydrogen-bond donors (Lipinski definition) is 0. The van der Waals surface area contributed by atoms with Crippen LogP contribution in [0.5, 0.6) is 11.5 Å². The summed E-state index contributed by atoms with van der Waals surface area (Å²) in [5, 5.41) is 0. The molecule has 31 heavy (non-hydrogen) atoms. The molecule has 0 spiro atoms. The predicted octanol–water partition coefficient (Wildman–Crippen LogP) is 3.22. The Morgan fingerprint density at radius 1 is 1.13 bits per heavy atom. The fourth-order valence-corrected chi connectivity index (χ4v) is 3.46. The first-order valence-electron chi connectivity index (χ1n) is 10.1. The topological polar surface area (TPSA) is 91.4 Å². The van der Waals surface area contributed by atoms with Crippen LogP contribution in [-0.4, -0.2) is 56.9 Å². The SMILES string of the molecule is [B]C(=O)N1C(c2c(OC)cccc2OC)O[C@@H](C(=O)OC(=O)C(C)(C)C)[C@@H]1CC(C)C. The van der Waals surface area contributed by atoms with Gasteiger partial charge in [-0.1, -0.05) is 19.9 Å². The van der Waals surface area contributed by atoms with Crippen molar-refractivity contribution in [3.05, 3.63) is 23.8 Å². The molecular weight excluding hydrogens is 401 g/mol. The number of esters is 2. The summed E-state index contributed by atoms with van der Waals surface area (Å²) < 4.78 is 22.0. The number of ether oxygens (including phenoxy) is 4. The first kappa shape index (κ1) is 24.7. The highest BCUT2D eigenvalue weighted by Crippen LogP contribution is 2.45. The Kier molecular flexibility index (Phi) is 7.75. The van der Waals surface area contributed by atoms with Gasteiger partial charge in [0, 0.05) is 0 Å². The Labute approximate surface area is 184 Å². The zero-order valence-corrected chi connectivity index (χ0v) is 19.1. The minimum Gasteiger partial charge on any atom is -0.496 e. The van der Waals surface area contributed by atoms with Gasteiger partial charge >= 0.3 is 11.9 Å². The lowest BCUT2D eigenvalue weighted by Crippen LogP contribution is -2.44. The van der Waals surface area contributed by atoms with E-state index in [1.165, 1.54) is 19.1 Å². The number of methoxy groups -OCH3 is 2. The zero-order valence-electron chi connectivity index (χ0n) is 19.1. The molecule has 1 aromatic rings. The van der Waals surface area contributed by atoms with Crippen LogP contribution in [0.3, 0.4) is 0 Å². The van der Waals surface area contributed by atoms with Gasteiger partial charge in [-0.3, -0.25) is 9.59 Å². The molecular formula is C22H30BNO7. The van der Waals surface area contributed by atoms with Crippen LogP contribution in [0, 0.1) is 11.3 Å². The van der Waals surface area contributed by atoms with Crippen molar-refractivity contribution < 1.29 is 33.3 Å². The summed E-state index contributed by atoms with van der Waals surface area (Å²) in [6, 6.07) is 4.36. The van der Waals surface area contributed by atoms with E-state index < -0.39 is 41.5 Å². The molecule has 2 rings (SSSR count). The first-order valence-corrected chi connectivity index (χ1v) is 10.1. The molecule has 0 bridgehead atoms. The minimum absolute atomic E-state index is 0.0994. The van der Waals surface area contributed by atoms with Crippen LogP contribution in [0.4, 0.5) is 4.79 Å². The molecule has 1 aliphatic heterocycles. The van der Waals surface area contributed by atoms with Crippen molar-refractivity contribution >= 4 is 25.6 Å². The average Bonchev–Trinajstić information content (AvgIpc) is 3.04. The zero-order chi connectivity index (χ0) is 23.5. The molecule has 8 nitrogen and oxygen atoms in total. The second-order valence-corrected chi connectivity index (χ2v) is 8.89. The monoisotopic (exact) mass is 431 g/mol. The van der Waals surface area contributed by atoms with Crippen molar-refractivity contribution in [1.29, 1.82) is 0 Å². The quantitative estimate of drug-likeness (QED) is 0.388. The standard InChI is InChI=1S/C22H30BNO7/c1-12(2)11-13-17(19(25)31-20(26)22(3,4)5)30-18(24(13)21(23)27)16-14(28-6)9-8-10-15(16)29-7/h8-10,12-13,17-18H,11H2,1-7H3/t13-,17+,18?/m0/s1. The normalized spacial score (nSPS) is 21.2. The van der Waals surface area contributed by atoms with E-state index in [1.807, 2.05) is 13.8 Å². The highest BCUT2D eigenvalue weighted by atomic mass is 16.6. The summed E-state index contributed by atoms with van der Waals surface area (Å²) in [4.78, 5) is 39.0. The summed E-state index contributed by atoms with van der Waals surface area (Å²) in [5.41, 5.74) is -0.464. The van der Waals surface area contributed by atoms with Crippen LogP contribution in [0.2, 0.25) is 0 Å². The highest BCUT2D eigenvalue weighted by molar-refractivity contribution is 6.57. The molecule has 168 valence electrons. The lowest BCUT2D eigenvalue weighted by atomic mass is 9.95. The van der Waals surface area contributed by atoms with Crippen molar-refractivity contribution in [2.24, 2.45) is 11.3 Å². The second-order valence-electron chi connectivity index (χ2n) is 8.89. The molecule has 1 unspecified atom stereocenters. The van der Waals surface area contributed by atoms with E-state index in [2.05, 4.69) is 0 Å². The smallest absolute Gasteiger partial charge is 0.345 e. The summed E-state index contributed by atoms with van der Waals surface area (Å²) in [6.07, 6.45) is -1.86. The number of amides is 1. The van der Waals surface area contributed by atoms with Crippen LogP contribution >= 0.6 is 0 Å².